The van der Waals surface area contributed by atoms with Crippen LogP contribution in [-0.2, 0) is 9.53 Å². The summed E-state index contributed by atoms with van der Waals surface area (Å²) in [5, 5.41) is 0. The minimum atomic E-state index is -0.523. The Morgan fingerprint density at radius 3 is 2.35 bits per heavy atom. The van der Waals surface area contributed by atoms with Gasteiger partial charge >= 0.3 is 6.09 Å². The lowest BCUT2D eigenvalue weighted by Gasteiger charge is -2.30. The number of anilines is 2. The van der Waals surface area contributed by atoms with Gasteiger partial charge in [0.05, 0.1) is 0 Å². The van der Waals surface area contributed by atoms with E-state index in [0.29, 0.717) is 18.6 Å². The van der Waals surface area contributed by atoms with Crippen LogP contribution >= 0.6 is 0 Å². The van der Waals surface area contributed by atoms with Crippen molar-refractivity contribution < 1.29 is 14.3 Å². The molecule has 2 rings (SSSR count). The van der Waals surface area contributed by atoms with E-state index in [4.69, 9.17) is 4.74 Å². The number of benzene rings is 1. The van der Waals surface area contributed by atoms with Crippen molar-refractivity contribution in [3.8, 4) is 0 Å². The first kappa shape index (κ1) is 17.3. The maximum absolute atomic E-state index is 12.2. The van der Waals surface area contributed by atoms with Crippen molar-refractivity contribution in [2.45, 2.75) is 46.1 Å². The van der Waals surface area contributed by atoms with Gasteiger partial charge in [0.15, 0.2) is 0 Å². The van der Waals surface area contributed by atoms with Gasteiger partial charge in [-0.1, -0.05) is 0 Å². The van der Waals surface area contributed by atoms with E-state index in [1.54, 1.807) is 7.05 Å². The van der Waals surface area contributed by atoms with Crippen LogP contribution < -0.4 is 9.80 Å². The van der Waals surface area contributed by atoms with E-state index >= 15 is 0 Å². The quantitative estimate of drug-likeness (QED) is 0.837. The van der Waals surface area contributed by atoms with E-state index in [2.05, 4.69) is 11.0 Å². The summed E-state index contributed by atoms with van der Waals surface area (Å²) >= 11 is 0. The molecule has 0 atom stereocenters. The molecule has 23 heavy (non-hydrogen) atoms. The molecule has 1 amide bonds. The smallest absolute Gasteiger partial charge is 0.414 e. The van der Waals surface area contributed by atoms with Gasteiger partial charge in [-0.15, -0.1) is 0 Å². The number of aryl methyl sites for hydroxylation is 1. The van der Waals surface area contributed by atoms with Crippen LogP contribution in [0, 0.1) is 6.92 Å². The molecule has 1 aliphatic rings. The number of rotatable bonds is 2. The second-order valence-electron chi connectivity index (χ2n) is 7.09. The number of ether oxygens (including phenoxy) is 1. The van der Waals surface area contributed by atoms with Crippen LogP contribution in [0.25, 0.3) is 0 Å². The summed E-state index contributed by atoms with van der Waals surface area (Å²) in [5.74, 6) is 0.319. The van der Waals surface area contributed by atoms with Gasteiger partial charge in [0.1, 0.15) is 11.4 Å². The molecule has 1 fully saturated rings. The lowest BCUT2D eigenvalue weighted by Crippen LogP contribution is -2.35. The number of piperidine rings is 1. The average molecular weight is 318 g/mol. The van der Waals surface area contributed by atoms with Crippen LogP contribution in [-0.4, -0.2) is 37.6 Å². The molecule has 0 aromatic heterocycles. The average Bonchev–Trinajstić information content (AvgIpc) is 2.44. The summed E-state index contributed by atoms with van der Waals surface area (Å²) < 4.78 is 5.42. The third-order valence-electron chi connectivity index (χ3n) is 3.79. The van der Waals surface area contributed by atoms with Crippen LogP contribution in [0.1, 0.15) is 39.2 Å². The maximum atomic E-state index is 12.2. The van der Waals surface area contributed by atoms with Crippen LogP contribution in [0.3, 0.4) is 0 Å². The third kappa shape index (κ3) is 4.71. The lowest BCUT2D eigenvalue weighted by molar-refractivity contribution is -0.119. The van der Waals surface area contributed by atoms with E-state index in [1.165, 1.54) is 4.90 Å². The van der Waals surface area contributed by atoms with E-state index in [9.17, 15) is 9.59 Å². The van der Waals surface area contributed by atoms with Gasteiger partial charge in [0.2, 0.25) is 0 Å². The highest BCUT2D eigenvalue weighted by atomic mass is 16.6. The highest BCUT2D eigenvalue weighted by Gasteiger charge is 2.22. The highest BCUT2D eigenvalue weighted by molar-refractivity contribution is 5.88. The second-order valence-corrected chi connectivity index (χ2v) is 7.09. The minimum absolute atomic E-state index is 0.319. The summed E-state index contributed by atoms with van der Waals surface area (Å²) in [5.41, 5.74) is 2.39. The Morgan fingerprint density at radius 2 is 1.78 bits per heavy atom. The first-order valence-electron chi connectivity index (χ1n) is 8.01. The summed E-state index contributed by atoms with van der Waals surface area (Å²) in [6.07, 6.45) is 0.805. The van der Waals surface area contributed by atoms with Crippen LogP contribution in [0.4, 0.5) is 16.2 Å². The number of hydrogen-bond acceptors (Lipinski definition) is 4. The monoisotopic (exact) mass is 318 g/mol. The number of carbonyl (C=O) groups is 2. The fraction of sp³-hybridized carbons (Fsp3) is 0.556. The van der Waals surface area contributed by atoms with Gasteiger partial charge in [0, 0.05) is 44.4 Å². The van der Waals surface area contributed by atoms with Gasteiger partial charge < -0.3 is 9.64 Å². The number of carbonyl (C=O) groups excluding carboxylic acids is 2. The predicted molar refractivity (Wildman–Crippen MR) is 92.3 cm³/mol. The first-order chi connectivity index (χ1) is 10.7. The normalized spacial score (nSPS) is 15.5. The topological polar surface area (TPSA) is 49.9 Å². The molecule has 0 aliphatic carbocycles. The fourth-order valence-electron chi connectivity index (χ4n) is 2.57. The Kier molecular flexibility index (Phi) is 4.97. The second kappa shape index (κ2) is 6.60. The van der Waals surface area contributed by atoms with E-state index in [1.807, 2.05) is 39.8 Å². The van der Waals surface area contributed by atoms with Gasteiger partial charge in [-0.05, 0) is 51.5 Å². The standard InChI is InChI=1S/C18H26N2O3/c1-13-10-14(19(5)17(22)23-18(2,3)4)12-15(11-13)20-8-6-16(21)7-9-20/h10-12H,6-9H2,1-5H3. The zero-order chi connectivity index (χ0) is 17.2. The molecule has 126 valence electrons. The van der Waals surface area contributed by atoms with Crippen molar-refractivity contribution in [3.05, 3.63) is 23.8 Å². The summed E-state index contributed by atoms with van der Waals surface area (Å²) in [7, 11) is 1.71. The van der Waals surface area contributed by atoms with Crippen molar-refractivity contribution in [1.29, 1.82) is 0 Å². The molecule has 1 aliphatic heterocycles. The van der Waals surface area contributed by atoms with Crippen molar-refractivity contribution in [2.75, 3.05) is 29.9 Å². The number of amides is 1. The molecule has 1 aromatic rings. The molecule has 0 saturated carbocycles. The van der Waals surface area contributed by atoms with Crippen molar-refractivity contribution in [2.24, 2.45) is 0 Å². The van der Waals surface area contributed by atoms with Crippen molar-refractivity contribution >= 4 is 23.3 Å². The van der Waals surface area contributed by atoms with Gasteiger partial charge in [-0.25, -0.2) is 4.79 Å². The zero-order valence-corrected chi connectivity index (χ0v) is 14.7. The number of hydrogen-bond donors (Lipinski definition) is 0. The molecule has 1 saturated heterocycles. The van der Waals surface area contributed by atoms with E-state index < -0.39 is 5.60 Å². The van der Waals surface area contributed by atoms with Gasteiger partial charge in [-0.3, -0.25) is 9.69 Å². The maximum Gasteiger partial charge on any atom is 0.414 e. The zero-order valence-electron chi connectivity index (χ0n) is 14.7. The minimum Gasteiger partial charge on any atom is -0.443 e. The summed E-state index contributed by atoms with van der Waals surface area (Å²) in [6, 6.07) is 6.03. The molecular weight excluding hydrogens is 292 g/mol. The van der Waals surface area contributed by atoms with Crippen LogP contribution in [0.15, 0.2) is 18.2 Å². The molecule has 0 radical (unpaired) electrons. The summed E-state index contributed by atoms with van der Waals surface area (Å²) in [6.45, 7) is 9.03. The summed E-state index contributed by atoms with van der Waals surface area (Å²) in [4.78, 5) is 27.4. The fourth-order valence-corrected chi connectivity index (χ4v) is 2.57. The predicted octanol–water partition coefficient (Wildman–Crippen LogP) is 3.54. The SMILES string of the molecule is Cc1cc(N2CCC(=O)CC2)cc(N(C)C(=O)OC(C)(C)C)c1. The largest absolute Gasteiger partial charge is 0.443 e. The van der Waals surface area contributed by atoms with E-state index in [0.717, 1.165) is 30.0 Å². The number of Topliss-reactive ketones (excluding diaryl/α,β-unsaturated/α-hetero) is 1. The van der Waals surface area contributed by atoms with Gasteiger partial charge in [0.25, 0.3) is 0 Å². The molecule has 1 aromatic carbocycles. The van der Waals surface area contributed by atoms with E-state index in [-0.39, 0.29) is 6.09 Å². The first-order valence-corrected chi connectivity index (χ1v) is 8.01. The van der Waals surface area contributed by atoms with Gasteiger partial charge in [-0.2, -0.15) is 0 Å². The Morgan fingerprint density at radius 1 is 1.17 bits per heavy atom. The molecule has 5 nitrogen and oxygen atoms in total. The Labute approximate surface area is 138 Å². The van der Waals surface area contributed by atoms with Crippen LogP contribution in [0.2, 0.25) is 0 Å². The van der Waals surface area contributed by atoms with Crippen molar-refractivity contribution in [1.82, 2.24) is 0 Å². The highest BCUT2D eigenvalue weighted by Crippen LogP contribution is 2.27. The number of ketones is 1. The number of nitrogens with zero attached hydrogens (tertiary/aromatic N) is 2. The molecule has 0 unspecified atom stereocenters. The lowest BCUT2D eigenvalue weighted by atomic mass is 10.1. The van der Waals surface area contributed by atoms with Crippen molar-refractivity contribution in [3.63, 3.8) is 0 Å². The molecule has 0 N–H and O–H groups in total. The Hall–Kier alpha value is -2.04. The molecular formula is C18H26N2O3. The Bertz CT molecular complexity index is 595. The molecule has 0 spiro atoms. The Balaban J connectivity index is 2.19. The molecule has 1 heterocycles. The molecule has 5 heteroatoms. The molecule has 0 bridgehead atoms. The van der Waals surface area contributed by atoms with Crippen LogP contribution in [0.5, 0.6) is 0 Å². The third-order valence-corrected chi connectivity index (χ3v) is 3.79.